The zero-order valence-corrected chi connectivity index (χ0v) is 3.94. The molecule has 1 aliphatic heterocycles. The van der Waals surface area contributed by atoms with E-state index in [9.17, 15) is 0 Å². The topological polar surface area (TPSA) is 44.3 Å². The van der Waals surface area contributed by atoms with Crippen LogP contribution in [0.2, 0.25) is 0 Å². The van der Waals surface area contributed by atoms with Crippen LogP contribution in [-0.4, -0.2) is 18.3 Å². The van der Waals surface area contributed by atoms with E-state index in [4.69, 9.17) is 5.11 Å². The maximum Gasteiger partial charge on any atom is 0.182 e. The second-order valence-corrected chi connectivity index (χ2v) is 1.40. The predicted octanol–water partition coefficient (Wildman–Crippen LogP) is -0.464. The second-order valence-electron chi connectivity index (χ2n) is 1.40. The van der Waals surface area contributed by atoms with Crippen LogP contribution in [0, 0.1) is 0 Å². The van der Waals surface area contributed by atoms with E-state index >= 15 is 0 Å². The number of rotatable bonds is 0. The molecule has 0 saturated carbocycles. The van der Waals surface area contributed by atoms with Gasteiger partial charge in [-0.15, -0.1) is 0 Å². The molecular weight excluding hydrogens is 92.1 g/mol. The molecular formula is C4H8N2O. The van der Waals surface area contributed by atoms with Crippen LogP contribution in [0.3, 0.4) is 0 Å². The summed E-state index contributed by atoms with van der Waals surface area (Å²) < 4.78 is 0. The Balaban J connectivity index is 2.40. The van der Waals surface area contributed by atoms with Crippen LogP contribution in [-0.2, 0) is 0 Å². The largest absolute Gasteiger partial charge is 0.495 e. The summed E-state index contributed by atoms with van der Waals surface area (Å²) in [5.74, 6) is 0.277. The van der Waals surface area contributed by atoms with Crippen molar-refractivity contribution >= 4 is 0 Å². The van der Waals surface area contributed by atoms with Gasteiger partial charge in [0.25, 0.3) is 0 Å². The minimum Gasteiger partial charge on any atom is -0.495 e. The van der Waals surface area contributed by atoms with Gasteiger partial charge in [-0.25, -0.2) is 0 Å². The molecule has 1 rings (SSSR count). The molecule has 3 nitrogen and oxygen atoms in total. The molecule has 1 aliphatic rings. The van der Waals surface area contributed by atoms with E-state index in [1.165, 1.54) is 0 Å². The SMILES string of the molecule is OC1=CCNCN1. The molecule has 40 valence electrons. The van der Waals surface area contributed by atoms with Crippen molar-refractivity contribution in [1.29, 1.82) is 0 Å². The van der Waals surface area contributed by atoms with Crippen molar-refractivity contribution in [2.24, 2.45) is 0 Å². The Labute approximate surface area is 42.0 Å². The highest BCUT2D eigenvalue weighted by Gasteiger charge is 1.93. The highest BCUT2D eigenvalue weighted by Crippen LogP contribution is 1.81. The molecule has 0 amide bonds. The van der Waals surface area contributed by atoms with Gasteiger partial charge < -0.3 is 10.4 Å². The Morgan fingerprint density at radius 3 is 2.86 bits per heavy atom. The lowest BCUT2D eigenvalue weighted by Gasteiger charge is -2.10. The van der Waals surface area contributed by atoms with Crippen molar-refractivity contribution in [3.05, 3.63) is 12.0 Å². The first-order chi connectivity index (χ1) is 3.39. The third-order valence-corrected chi connectivity index (χ3v) is 0.834. The zero-order valence-electron chi connectivity index (χ0n) is 3.94. The van der Waals surface area contributed by atoms with E-state index in [0.717, 1.165) is 6.54 Å². The molecule has 0 radical (unpaired) electrons. The fraction of sp³-hybridized carbons (Fsp3) is 0.500. The summed E-state index contributed by atoms with van der Waals surface area (Å²) in [6.45, 7) is 1.43. The van der Waals surface area contributed by atoms with E-state index < -0.39 is 0 Å². The van der Waals surface area contributed by atoms with Gasteiger partial charge in [0.05, 0.1) is 6.67 Å². The standard InChI is InChI=1S/C4H8N2O/c7-4-1-2-5-3-6-4/h1,5-7H,2-3H2. The molecule has 0 unspecified atom stereocenters. The summed E-state index contributed by atoms with van der Waals surface area (Å²) in [5, 5.41) is 14.3. The Bertz CT molecular complexity index is 89.7. The van der Waals surface area contributed by atoms with Crippen molar-refractivity contribution in [3.8, 4) is 0 Å². The summed E-state index contributed by atoms with van der Waals surface area (Å²) in [6, 6.07) is 0. The average Bonchev–Trinajstić information content (AvgIpc) is 1.69. The summed E-state index contributed by atoms with van der Waals surface area (Å²) >= 11 is 0. The first kappa shape index (κ1) is 4.46. The molecule has 0 aromatic rings. The Morgan fingerprint density at radius 1 is 1.71 bits per heavy atom. The monoisotopic (exact) mass is 100 g/mol. The summed E-state index contributed by atoms with van der Waals surface area (Å²) in [7, 11) is 0. The molecule has 0 spiro atoms. The molecule has 3 heteroatoms. The number of aliphatic hydroxyl groups excluding tert-OH is 1. The minimum atomic E-state index is 0.277. The fourth-order valence-corrected chi connectivity index (χ4v) is 0.466. The van der Waals surface area contributed by atoms with E-state index in [2.05, 4.69) is 10.6 Å². The maximum absolute atomic E-state index is 8.62. The first-order valence-corrected chi connectivity index (χ1v) is 2.23. The van der Waals surface area contributed by atoms with E-state index in [-0.39, 0.29) is 5.88 Å². The fourth-order valence-electron chi connectivity index (χ4n) is 0.466. The molecule has 0 bridgehead atoms. The van der Waals surface area contributed by atoms with Crippen LogP contribution in [0.15, 0.2) is 12.0 Å². The van der Waals surface area contributed by atoms with E-state index in [1.54, 1.807) is 6.08 Å². The lowest BCUT2D eigenvalue weighted by Crippen LogP contribution is -2.33. The quantitative estimate of drug-likeness (QED) is 0.386. The maximum atomic E-state index is 8.62. The molecule has 0 atom stereocenters. The molecule has 1 heterocycles. The van der Waals surface area contributed by atoms with Crippen LogP contribution in [0.4, 0.5) is 0 Å². The summed E-state index contributed by atoms with van der Waals surface area (Å²) in [6.07, 6.45) is 1.68. The van der Waals surface area contributed by atoms with Crippen molar-refractivity contribution < 1.29 is 5.11 Å². The highest BCUT2D eigenvalue weighted by molar-refractivity contribution is 4.92. The van der Waals surface area contributed by atoms with Gasteiger partial charge in [0.2, 0.25) is 0 Å². The Kier molecular flexibility index (Phi) is 1.17. The van der Waals surface area contributed by atoms with Crippen LogP contribution in [0.25, 0.3) is 0 Å². The number of hydrogen-bond donors (Lipinski definition) is 3. The Morgan fingerprint density at radius 2 is 2.57 bits per heavy atom. The van der Waals surface area contributed by atoms with Crippen molar-refractivity contribution in [2.75, 3.05) is 13.2 Å². The van der Waals surface area contributed by atoms with Crippen LogP contribution >= 0.6 is 0 Å². The molecule has 0 aromatic heterocycles. The van der Waals surface area contributed by atoms with Crippen molar-refractivity contribution in [2.45, 2.75) is 0 Å². The number of nitrogens with one attached hydrogen (secondary N) is 2. The third kappa shape index (κ3) is 1.08. The zero-order chi connectivity index (χ0) is 5.11. The predicted molar refractivity (Wildman–Crippen MR) is 26.7 cm³/mol. The lowest BCUT2D eigenvalue weighted by atomic mass is 10.5. The highest BCUT2D eigenvalue weighted by atomic mass is 16.3. The van der Waals surface area contributed by atoms with Gasteiger partial charge in [-0.2, -0.15) is 0 Å². The van der Waals surface area contributed by atoms with Gasteiger partial charge in [0.1, 0.15) is 0 Å². The van der Waals surface area contributed by atoms with E-state index in [0.29, 0.717) is 6.67 Å². The van der Waals surface area contributed by atoms with Crippen LogP contribution in [0.1, 0.15) is 0 Å². The van der Waals surface area contributed by atoms with Gasteiger partial charge in [-0.3, -0.25) is 5.32 Å². The van der Waals surface area contributed by atoms with Gasteiger partial charge in [-0.1, -0.05) is 0 Å². The number of hydrogen-bond acceptors (Lipinski definition) is 3. The van der Waals surface area contributed by atoms with Gasteiger partial charge in [0, 0.05) is 6.54 Å². The van der Waals surface area contributed by atoms with Crippen LogP contribution in [0.5, 0.6) is 0 Å². The summed E-state index contributed by atoms with van der Waals surface area (Å²) in [4.78, 5) is 0. The molecule has 0 fully saturated rings. The lowest BCUT2D eigenvalue weighted by molar-refractivity contribution is 0.345. The molecule has 0 aliphatic carbocycles. The smallest absolute Gasteiger partial charge is 0.182 e. The Hall–Kier alpha value is -0.700. The average molecular weight is 100 g/mol. The number of aliphatic hydroxyl groups is 1. The van der Waals surface area contributed by atoms with Gasteiger partial charge in [0.15, 0.2) is 5.88 Å². The molecule has 3 N–H and O–H groups in total. The second kappa shape index (κ2) is 1.84. The normalized spacial score (nSPS) is 20.3. The van der Waals surface area contributed by atoms with Gasteiger partial charge >= 0.3 is 0 Å². The van der Waals surface area contributed by atoms with Crippen LogP contribution < -0.4 is 10.6 Å². The molecule has 0 saturated heterocycles. The van der Waals surface area contributed by atoms with Gasteiger partial charge in [-0.05, 0) is 6.08 Å². The van der Waals surface area contributed by atoms with Crippen molar-refractivity contribution in [1.82, 2.24) is 10.6 Å². The van der Waals surface area contributed by atoms with Crippen molar-refractivity contribution in [3.63, 3.8) is 0 Å². The molecule has 7 heavy (non-hydrogen) atoms. The first-order valence-electron chi connectivity index (χ1n) is 2.23. The van der Waals surface area contributed by atoms with E-state index in [1.807, 2.05) is 0 Å². The minimum absolute atomic E-state index is 0.277. The molecule has 0 aromatic carbocycles. The summed E-state index contributed by atoms with van der Waals surface area (Å²) in [5.41, 5.74) is 0. The third-order valence-electron chi connectivity index (χ3n) is 0.834.